The van der Waals surface area contributed by atoms with Crippen molar-refractivity contribution in [1.29, 1.82) is 0 Å². The molecular formula is C12H16ClNO2. The molecule has 2 N–H and O–H groups in total. The van der Waals surface area contributed by atoms with Gasteiger partial charge in [-0.3, -0.25) is 0 Å². The van der Waals surface area contributed by atoms with Gasteiger partial charge in [0.25, 0.3) is 0 Å². The number of rotatable bonds is 1. The van der Waals surface area contributed by atoms with E-state index in [1.54, 1.807) is 0 Å². The van der Waals surface area contributed by atoms with E-state index in [1.807, 2.05) is 12.1 Å². The topological polar surface area (TPSA) is 44.5 Å². The van der Waals surface area contributed by atoms with Gasteiger partial charge in [-0.1, -0.05) is 18.9 Å². The molecular weight excluding hydrogens is 226 g/mol. The third kappa shape index (κ3) is 1.74. The number of benzene rings is 1. The van der Waals surface area contributed by atoms with Crippen molar-refractivity contribution in [3.8, 4) is 11.5 Å². The van der Waals surface area contributed by atoms with Crippen LogP contribution in [0.1, 0.15) is 31.2 Å². The molecule has 0 unspecified atom stereocenters. The molecule has 1 aliphatic heterocycles. The van der Waals surface area contributed by atoms with Crippen molar-refractivity contribution in [1.82, 2.24) is 0 Å². The molecule has 0 spiro atoms. The van der Waals surface area contributed by atoms with Crippen LogP contribution in [-0.4, -0.2) is 6.79 Å². The Bertz CT molecular complexity index is 389. The fraction of sp³-hybridized carbons (Fsp3) is 0.500. The highest BCUT2D eigenvalue weighted by Crippen LogP contribution is 2.41. The van der Waals surface area contributed by atoms with Crippen molar-refractivity contribution >= 4 is 12.4 Å². The summed E-state index contributed by atoms with van der Waals surface area (Å²) in [6.07, 6.45) is 4.61. The fourth-order valence-electron chi connectivity index (χ4n) is 2.50. The summed E-state index contributed by atoms with van der Waals surface area (Å²) >= 11 is 0. The lowest BCUT2D eigenvalue weighted by atomic mass is 9.89. The first kappa shape index (κ1) is 11.6. The molecule has 1 aromatic carbocycles. The Kier molecular flexibility index (Phi) is 3.00. The van der Waals surface area contributed by atoms with Gasteiger partial charge in [0.2, 0.25) is 6.79 Å². The number of hydrogen-bond acceptors (Lipinski definition) is 3. The Morgan fingerprint density at radius 1 is 1.06 bits per heavy atom. The molecule has 3 rings (SSSR count). The molecule has 0 aromatic heterocycles. The molecule has 1 heterocycles. The SMILES string of the molecule is Cl.NC1(c2ccc3c(c2)OCO3)CCCC1. The van der Waals surface area contributed by atoms with Crippen molar-refractivity contribution in [3.63, 3.8) is 0 Å². The summed E-state index contributed by atoms with van der Waals surface area (Å²) < 4.78 is 10.7. The highest BCUT2D eigenvalue weighted by molar-refractivity contribution is 5.85. The number of hydrogen-bond donors (Lipinski definition) is 1. The molecule has 0 atom stereocenters. The summed E-state index contributed by atoms with van der Waals surface area (Å²) in [5, 5.41) is 0. The number of fused-ring (bicyclic) bond motifs is 1. The van der Waals surface area contributed by atoms with E-state index in [-0.39, 0.29) is 17.9 Å². The van der Waals surface area contributed by atoms with Crippen LogP contribution in [0.2, 0.25) is 0 Å². The lowest BCUT2D eigenvalue weighted by Crippen LogP contribution is -2.32. The standard InChI is InChI=1S/C12H15NO2.ClH/c13-12(5-1-2-6-12)9-3-4-10-11(7-9)15-8-14-10;/h3-4,7H,1-2,5-6,8,13H2;1H. The number of ether oxygens (including phenoxy) is 2. The first-order valence-electron chi connectivity index (χ1n) is 5.47. The van der Waals surface area contributed by atoms with E-state index >= 15 is 0 Å². The van der Waals surface area contributed by atoms with Crippen LogP contribution in [0, 0.1) is 0 Å². The smallest absolute Gasteiger partial charge is 0.231 e. The van der Waals surface area contributed by atoms with Crippen LogP contribution < -0.4 is 15.2 Å². The summed E-state index contributed by atoms with van der Waals surface area (Å²) in [4.78, 5) is 0. The van der Waals surface area contributed by atoms with Gasteiger partial charge in [-0.15, -0.1) is 12.4 Å². The van der Waals surface area contributed by atoms with Gasteiger partial charge >= 0.3 is 0 Å². The second-order valence-electron chi connectivity index (χ2n) is 4.43. The monoisotopic (exact) mass is 241 g/mol. The van der Waals surface area contributed by atoms with Crippen LogP contribution in [0.3, 0.4) is 0 Å². The van der Waals surface area contributed by atoms with Crippen LogP contribution in [0.4, 0.5) is 0 Å². The van der Waals surface area contributed by atoms with Gasteiger partial charge in [0.1, 0.15) is 0 Å². The molecule has 16 heavy (non-hydrogen) atoms. The third-order valence-corrected chi connectivity index (χ3v) is 3.44. The minimum Gasteiger partial charge on any atom is -0.454 e. The first-order chi connectivity index (χ1) is 7.28. The normalized spacial score (nSPS) is 20.6. The lowest BCUT2D eigenvalue weighted by molar-refractivity contribution is 0.174. The van der Waals surface area contributed by atoms with E-state index in [2.05, 4.69) is 6.07 Å². The summed E-state index contributed by atoms with van der Waals surface area (Å²) in [7, 11) is 0. The van der Waals surface area contributed by atoms with Crippen LogP contribution in [0.25, 0.3) is 0 Å². The van der Waals surface area contributed by atoms with E-state index in [1.165, 1.54) is 18.4 Å². The predicted octanol–water partition coefficient (Wildman–Crippen LogP) is 2.57. The number of halogens is 1. The van der Waals surface area contributed by atoms with Crippen LogP contribution >= 0.6 is 12.4 Å². The second kappa shape index (κ2) is 4.15. The number of nitrogens with two attached hydrogens (primary N) is 1. The van der Waals surface area contributed by atoms with Crippen molar-refractivity contribution in [3.05, 3.63) is 23.8 Å². The molecule has 1 aromatic rings. The highest BCUT2D eigenvalue weighted by atomic mass is 35.5. The Hall–Kier alpha value is -0.930. The van der Waals surface area contributed by atoms with E-state index in [9.17, 15) is 0 Å². The molecule has 1 fully saturated rings. The zero-order chi connectivity index (χ0) is 10.3. The van der Waals surface area contributed by atoms with Crippen molar-refractivity contribution in [2.24, 2.45) is 5.73 Å². The second-order valence-corrected chi connectivity index (χ2v) is 4.43. The molecule has 0 bridgehead atoms. The fourth-order valence-corrected chi connectivity index (χ4v) is 2.50. The molecule has 88 valence electrons. The summed E-state index contributed by atoms with van der Waals surface area (Å²) in [5.74, 6) is 1.67. The Morgan fingerprint density at radius 2 is 1.75 bits per heavy atom. The summed E-state index contributed by atoms with van der Waals surface area (Å²) in [6.45, 7) is 0.330. The zero-order valence-electron chi connectivity index (χ0n) is 9.07. The lowest BCUT2D eigenvalue weighted by Gasteiger charge is -2.24. The van der Waals surface area contributed by atoms with E-state index in [0.29, 0.717) is 6.79 Å². The molecule has 0 amide bonds. The minimum absolute atomic E-state index is 0. The summed E-state index contributed by atoms with van der Waals surface area (Å²) in [5.41, 5.74) is 7.42. The predicted molar refractivity (Wildman–Crippen MR) is 64.1 cm³/mol. The highest BCUT2D eigenvalue weighted by Gasteiger charge is 2.32. The molecule has 3 nitrogen and oxygen atoms in total. The molecule has 1 aliphatic carbocycles. The molecule has 2 aliphatic rings. The third-order valence-electron chi connectivity index (χ3n) is 3.44. The van der Waals surface area contributed by atoms with Gasteiger partial charge < -0.3 is 15.2 Å². The van der Waals surface area contributed by atoms with Crippen molar-refractivity contribution in [2.75, 3.05) is 6.79 Å². The maximum absolute atomic E-state index is 6.38. The molecule has 4 heteroatoms. The Labute approximate surface area is 101 Å². The van der Waals surface area contributed by atoms with Crippen LogP contribution in [0.5, 0.6) is 11.5 Å². The largest absolute Gasteiger partial charge is 0.454 e. The average molecular weight is 242 g/mol. The average Bonchev–Trinajstić information content (AvgIpc) is 2.85. The maximum Gasteiger partial charge on any atom is 0.231 e. The van der Waals surface area contributed by atoms with Gasteiger partial charge in [0.15, 0.2) is 11.5 Å². The van der Waals surface area contributed by atoms with Gasteiger partial charge in [0, 0.05) is 5.54 Å². The van der Waals surface area contributed by atoms with Crippen LogP contribution in [-0.2, 0) is 5.54 Å². The van der Waals surface area contributed by atoms with Gasteiger partial charge in [0.05, 0.1) is 0 Å². The van der Waals surface area contributed by atoms with Crippen LogP contribution in [0.15, 0.2) is 18.2 Å². The van der Waals surface area contributed by atoms with Gasteiger partial charge in [-0.05, 0) is 30.5 Å². The van der Waals surface area contributed by atoms with E-state index in [0.717, 1.165) is 24.3 Å². The maximum atomic E-state index is 6.38. The van der Waals surface area contributed by atoms with E-state index < -0.39 is 0 Å². The van der Waals surface area contributed by atoms with Crippen molar-refractivity contribution in [2.45, 2.75) is 31.2 Å². The van der Waals surface area contributed by atoms with Gasteiger partial charge in [-0.2, -0.15) is 0 Å². The minimum atomic E-state index is -0.138. The Morgan fingerprint density at radius 3 is 2.50 bits per heavy atom. The van der Waals surface area contributed by atoms with E-state index in [4.69, 9.17) is 15.2 Å². The first-order valence-corrected chi connectivity index (χ1v) is 5.47. The van der Waals surface area contributed by atoms with Crippen molar-refractivity contribution < 1.29 is 9.47 Å². The molecule has 0 radical (unpaired) electrons. The summed E-state index contributed by atoms with van der Waals surface area (Å²) in [6, 6.07) is 6.07. The quantitative estimate of drug-likeness (QED) is 0.822. The molecule has 0 saturated heterocycles. The molecule has 1 saturated carbocycles. The Balaban J connectivity index is 0.000000963. The zero-order valence-corrected chi connectivity index (χ0v) is 9.89. The van der Waals surface area contributed by atoms with Gasteiger partial charge in [-0.25, -0.2) is 0 Å².